The molecule has 3 aromatic rings. The average Bonchev–Trinajstić information content (AvgIpc) is 2.95. The Balaban J connectivity index is 1.60. The molecule has 3 aromatic carbocycles. The van der Waals surface area contributed by atoms with Crippen molar-refractivity contribution in [2.45, 2.75) is 65.2 Å². The molecule has 0 aromatic heterocycles. The molecule has 0 unspecified atom stereocenters. The summed E-state index contributed by atoms with van der Waals surface area (Å²) >= 11 is 7.03. The summed E-state index contributed by atoms with van der Waals surface area (Å²) in [5, 5.41) is 5.82. The molecule has 0 aliphatic carbocycles. The van der Waals surface area contributed by atoms with Gasteiger partial charge in [0.15, 0.2) is 0 Å². The number of carbonyl (C=O) groups is 2. The Hall–Kier alpha value is -2.84. The summed E-state index contributed by atoms with van der Waals surface area (Å²) in [4.78, 5) is 26.1. The number of carbonyl (C=O) groups excluding carboxylic acids is 2. The van der Waals surface area contributed by atoms with Gasteiger partial charge in [0.05, 0.1) is 33.5 Å². The highest BCUT2D eigenvalue weighted by molar-refractivity contribution is 9.10. The molecule has 40 heavy (non-hydrogen) atoms. The zero-order valence-electron chi connectivity index (χ0n) is 23.2. The predicted octanol–water partition coefficient (Wildman–Crippen LogP) is 9.63. The summed E-state index contributed by atoms with van der Waals surface area (Å²) in [5.41, 5.74) is 1.94. The van der Waals surface area contributed by atoms with Crippen molar-refractivity contribution in [2.75, 3.05) is 23.8 Å². The second-order valence-electron chi connectivity index (χ2n) is 9.56. The maximum absolute atomic E-state index is 13.0. The molecular formula is C32H38Br2N2O4. The van der Waals surface area contributed by atoms with E-state index < -0.39 is 0 Å². The van der Waals surface area contributed by atoms with Crippen molar-refractivity contribution in [3.05, 3.63) is 80.7 Å². The minimum atomic E-state index is -0.292. The van der Waals surface area contributed by atoms with Gasteiger partial charge in [-0.3, -0.25) is 9.59 Å². The van der Waals surface area contributed by atoms with E-state index >= 15 is 0 Å². The first-order chi connectivity index (χ1) is 19.4. The van der Waals surface area contributed by atoms with Gasteiger partial charge in [-0.05, 0) is 93.2 Å². The van der Waals surface area contributed by atoms with Crippen LogP contribution in [0.15, 0.2) is 69.6 Å². The maximum atomic E-state index is 13.0. The number of benzene rings is 3. The number of nitrogens with one attached hydrogen (secondary N) is 2. The second-order valence-corrected chi connectivity index (χ2v) is 11.3. The van der Waals surface area contributed by atoms with E-state index in [0.717, 1.165) is 34.6 Å². The lowest BCUT2D eigenvalue weighted by Gasteiger charge is -2.14. The van der Waals surface area contributed by atoms with Gasteiger partial charge in [0, 0.05) is 11.1 Å². The second kappa shape index (κ2) is 17.1. The first kappa shape index (κ1) is 31.7. The summed E-state index contributed by atoms with van der Waals surface area (Å²) in [6.07, 6.45) is 9.03. The van der Waals surface area contributed by atoms with Crippen LogP contribution in [0, 0.1) is 0 Å². The molecule has 0 heterocycles. The molecule has 0 saturated carbocycles. The quantitative estimate of drug-likeness (QED) is 0.148. The number of rotatable bonds is 16. The van der Waals surface area contributed by atoms with Crippen LogP contribution in [0.25, 0.3) is 0 Å². The fourth-order valence-corrected chi connectivity index (χ4v) is 5.02. The van der Waals surface area contributed by atoms with Crippen LogP contribution in [-0.4, -0.2) is 25.0 Å². The van der Waals surface area contributed by atoms with Crippen LogP contribution in [0.1, 0.15) is 85.9 Å². The van der Waals surface area contributed by atoms with E-state index in [4.69, 9.17) is 9.47 Å². The van der Waals surface area contributed by atoms with E-state index in [1.807, 2.05) is 0 Å². The van der Waals surface area contributed by atoms with E-state index in [2.05, 4.69) is 56.3 Å². The highest BCUT2D eigenvalue weighted by atomic mass is 79.9. The number of amides is 2. The van der Waals surface area contributed by atoms with Gasteiger partial charge in [0.2, 0.25) is 0 Å². The van der Waals surface area contributed by atoms with Gasteiger partial charge in [-0.2, -0.15) is 0 Å². The molecule has 2 amide bonds. The SMILES string of the molecule is CCCCCCOc1ccc(C(=O)Nc2ccccc2NC(=O)c2ccc(OCCCCCC)c(Br)c2)cc1Br. The summed E-state index contributed by atoms with van der Waals surface area (Å²) in [7, 11) is 0. The smallest absolute Gasteiger partial charge is 0.255 e. The van der Waals surface area contributed by atoms with Crippen LogP contribution < -0.4 is 20.1 Å². The van der Waals surface area contributed by atoms with Gasteiger partial charge >= 0.3 is 0 Å². The number of unbranched alkanes of at least 4 members (excludes halogenated alkanes) is 6. The van der Waals surface area contributed by atoms with E-state index in [1.54, 1.807) is 60.7 Å². The summed E-state index contributed by atoms with van der Waals surface area (Å²) in [6.45, 7) is 5.64. The number of hydrogen-bond acceptors (Lipinski definition) is 4. The summed E-state index contributed by atoms with van der Waals surface area (Å²) < 4.78 is 13.1. The standard InChI is InChI=1S/C32H38Br2N2O4/c1-3-5-7-11-19-39-29-17-15-23(21-25(29)33)31(37)35-27-13-9-10-14-28(27)36-32(38)24-16-18-30(26(34)22-24)40-20-12-8-6-4-2/h9-10,13-18,21-22H,3-8,11-12,19-20H2,1-2H3,(H,35,37)(H,36,38). The summed E-state index contributed by atoms with van der Waals surface area (Å²) in [5.74, 6) is 0.833. The number of anilines is 2. The Labute approximate surface area is 254 Å². The number of halogens is 2. The molecule has 0 aliphatic heterocycles. The largest absolute Gasteiger partial charge is 0.492 e. The molecule has 214 valence electrons. The monoisotopic (exact) mass is 672 g/mol. The Morgan fingerprint density at radius 3 is 1.43 bits per heavy atom. The normalized spacial score (nSPS) is 10.7. The van der Waals surface area contributed by atoms with Crippen LogP contribution in [0.5, 0.6) is 11.5 Å². The van der Waals surface area contributed by atoms with Crippen molar-refractivity contribution in [3.8, 4) is 11.5 Å². The minimum absolute atomic E-state index is 0.292. The van der Waals surface area contributed by atoms with E-state index in [0.29, 0.717) is 47.2 Å². The highest BCUT2D eigenvalue weighted by Crippen LogP contribution is 2.29. The zero-order chi connectivity index (χ0) is 28.7. The summed E-state index contributed by atoms with van der Waals surface area (Å²) in [6, 6.07) is 17.6. The van der Waals surface area contributed by atoms with Gasteiger partial charge in [-0.15, -0.1) is 0 Å². The van der Waals surface area contributed by atoms with Crippen LogP contribution in [0.2, 0.25) is 0 Å². The minimum Gasteiger partial charge on any atom is -0.492 e. The van der Waals surface area contributed by atoms with E-state index in [9.17, 15) is 9.59 Å². The van der Waals surface area contributed by atoms with Crippen molar-refractivity contribution >= 4 is 55.0 Å². The fraction of sp³-hybridized carbons (Fsp3) is 0.375. The van der Waals surface area contributed by atoms with Crippen LogP contribution in [0.3, 0.4) is 0 Å². The Kier molecular flexibility index (Phi) is 13.5. The molecule has 3 rings (SSSR count). The van der Waals surface area contributed by atoms with Crippen molar-refractivity contribution < 1.29 is 19.1 Å². The molecule has 0 radical (unpaired) electrons. The van der Waals surface area contributed by atoms with E-state index in [-0.39, 0.29) is 11.8 Å². The van der Waals surface area contributed by atoms with Gasteiger partial charge in [0.25, 0.3) is 11.8 Å². The lowest BCUT2D eigenvalue weighted by molar-refractivity contribution is 0.101. The molecule has 6 nitrogen and oxygen atoms in total. The molecule has 8 heteroatoms. The van der Waals surface area contributed by atoms with Gasteiger partial charge in [0.1, 0.15) is 11.5 Å². The van der Waals surface area contributed by atoms with Crippen molar-refractivity contribution in [1.29, 1.82) is 0 Å². The number of para-hydroxylation sites is 2. The highest BCUT2D eigenvalue weighted by Gasteiger charge is 2.15. The molecule has 0 bridgehead atoms. The van der Waals surface area contributed by atoms with Crippen molar-refractivity contribution in [1.82, 2.24) is 0 Å². The Morgan fingerprint density at radius 1 is 0.625 bits per heavy atom. The Bertz CT molecular complexity index is 1170. The van der Waals surface area contributed by atoms with Gasteiger partial charge in [-0.25, -0.2) is 0 Å². The first-order valence-corrected chi connectivity index (χ1v) is 15.6. The maximum Gasteiger partial charge on any atom is 0.255 e. The third-order valence-electron chi connectivity index (χ3n) is 6.32. The zero-order valence-corrected chi connectivity index (χ0v) is 26.4. The molecule has 0 aliphatic rings. The van der Waals surface area contributed by atoms with E-state index in [1.165, 1.54) is 25.7 Å². The first-order valence-electron chi connectivity index (χ1n) is 14.0. The fourth-order valence-electron chi connectivity index (χ4n) is 4.03. The molecule has 0 spiro atoms. The van der Waals surface area contributed by atoms with Gasteiger partial charge < -0.3 is 20.1 Å². The lowest BCUT2D eigenvalue weighted by Crippen LogP contribution is -2.17. The molecule has 2 N–H and O–H groups in total. The topological polar surface area (TPSA) is 76.7 Å². The molecule has 0 fully saturated rings. The molecule has 0 saturated heterocycles. The van der Waals surface area contributed by atoms with Crippen molar-refractivity contribution in [3.63, 3.8) is 0 Å². The molecular weight excluding hydrogens is 636 g/mol. The number of ether oxygens (including phenoxy) is 2. The van der Waals surface area contributed by atoms with Gasteiger partial charge in [-0.1, -0.05) is 64.5 Å². The number of hydrogen-bond donors (Lipinski definition) is 2. The van der Waals surface area contributed by atoms with Crippen molar-refractivity contribution in [2.24, 2.45) is 0 Å². The third kappa shape index (κ3) is 9.97. The molecule has 0 atom stereocenters. The van der Waals surface area contributed by atoms with Crippen LogP contribution in [-0.2, 0) is 0 Å². The lowest BCUT2D eigenvalue weighted by atomic mass is 10.1. The van der Waals surface area contributed by atoms with Crippen LogP contribution in [0.4, 0.5) is 11.4 Å². The Morgan fingerprint density at radius 2 is 1.05 bits per heavy atom. The predicted molar refractivity (Wildman–Crippen MR) is 170 cm³/mol. The third-order valence-corrected chi connectivity index (χ3v) is 7.56. The average molecular weight is 674 g/mol. The van der Waals surface area contributed by atoms with Crippen LogP contribution >= 0.6 is 31.9 Å².